The smallest absolute Gasteiger partial charge is 0.147 e. The molecule has 0 saturated carbocycles. The number of rotatable bonds is 2. The second-order valence-corrected chi connectivity index (χ2v) is 5.05. The van der Waals surface area contributed by atoms with Gasteiger partial charge >= 0.3 is 0 Å². The van der Waals surface area contributed by atoms with Gasteiger partial charge in [-0.3, -0.25) is 0 Å². The quantitative estimate of drug-likeness (QED) is 0.890. The van der Waals surface area contributed by atoms with Gasteiger partial charge in [0.1, 0.15) is 24.0 Å². The Kier molecular flexibility index (Phi) is 3.12. The Balaban J connectivity index is 1.89. The first kappa shape index (κ1) is 12.4. The van der Waals surface area contributed by atoms with Gasteiger partial charge in [-0.05, 0) is 12.1 Å². The highest BCUT2D eigenvalue weighted by Gasteiger charge is 2.24. The van der Waals surface area contributed by atoms with Crippen molar-refractivity contribution in [3.63, 3.8) is 0 Å². The van der Waals surface area contributed by atoms with Crippen molar-refractivity contribution in [3.8, 4) is 5.75 Å². The van der Waals surface area contributed by atoms with Crippen LogP contribution in [0.2, 0.25) is 10.0 Å². The third-order valence-electron chi connectivity index (χ3n) is 2.97. The van der Waals surface area contributed by atoms with Gasteiger partial charge in [0, 0.05) is 5.56 Å². The van der Waals surface area contributed by atoms with Gasteiger partial charge in [-0.15, -0.1) is 0 Å². The average Bonchev–Trinajstić information content (AvgIpc) is 2.80. The summed E-state index contributed by atoms with van der Waals surface area (Å²) in [5.74, 6) is 1.63. The van der Waals surface area contributed by atoms with Gasteiger partial charge in [-0.2, -0.15) is 0 Å². The van der Waals surface area contributed by atoms with Gasteiger partial charge in [-0.1, -0.05) is 41.4 Å². The lowest BCUT2D eigenvalue weighted by Crippen LogP contribution is -2.13. The van der Waals surface area contributed by atoms with Gasteiger partial charge in [0.2, 0.25) is 0 Å². The Morgan fingerprint density at radius 1 is 1.26 bits per heavy atom. The zero-order valence-corrected chi connectivity index (χ0v) is 11.4. The van der Waals surface area contributed by atoms with Crippen molar-refractivity contribution < 1.29 is 4.74 Å². The lowest BCUT2D eigenvalue weighted by Gasteiger charge is -2.14. The molecule has 3 rings (SSSR count). The van der Waals surface area contributed by atoms with E-state index in [1.807, 2.05) is 24.3 Å². The molecule has 0 spiro atoms. The molecule has 19 heavy (non-hydrogen) atoms. The first-order valence-corrected chi connectivity index (χ1v) is 6.50. The fraction of sp³-hybridized carbons (Fsp3) is 0.154. The van der Waals surface area contributed by atoms with Crippen LogP contribution in [0.25, 0.3) is 0 Å². The van der Waals surface area contributed by atoms with Gasteiger partial charge in [0.25, 0.3) is 0 Å². The van der Waals surface area contributed by atoms with E-state index in [2.05, 4.69) is 10.3 Å². The molecule has 4 nitrogen and oxygen atoms in total. The second-order valence-electron chi connectivity index (χ2n) is 4.23. The summed E-state index contributed by atoms with van der Waals surface area (Å²) in [7, 11) is 0. The monoisotopic (exact) mass is 295 g/mol. The molecule has 0 fully saturated rings. The minimum Gasteiger partial charge on any atom is -0.491 e. The molecule has 0 amide bonds. The van der Waals surface area contributed by atoms with E-state index in [9.17, 15) is 0 Å². The molecule has 1 aromatic carbocycles. The van der Waals surface area contributed by atoms with E-state index in [0.717, 1.165) is 11.3 Å². The van der Waals surface area contributed by atoms with Gasteiger partial charge in [0.15, 0.2) is 0 Å². The molecular formula is C13H11Cl2N3O. The number of nitrogens with one attached hydrogen (secondary N) is 1. The molecule has 1 aliphatic rings. The molecule has 98 valence electrons. The summed E-state index contributed by atoms with van der Waals surface area (Å²) in [5, 5.41) is 4.01. The van der Waals surface area contributed by atoms with E-state index in [4.69, 9.17) is 33.7 Å². The summed E-state index contributed by atoms with van der Waals surface area (Å²) in [5.41, 5.74) is 6.76. The lowest BCUT2D eigenvalue weighted by molar-refractivity contribution is 0.339. The van der Waals surface area contributed by atoms with Crippen molar-refractivity contribution in [2.45, 2.75) is 6.04 Å². The van der Waals surface area contributed by atoms with E-state index in [1.165, 1.54) is 0 Å². The Morgan fingerprint density at radius 2 is 2.05 bits per heavy atom. The molecule has 0 radical (unpaired) electrons. The number of anilines is 2. The van der Waals surface area contributed by atoms with E-state index >= 15 is 0 Å². The molecule has 3 N–H and O–H groups in total. The van der Waals surface area contributed by atoms with E-state index in [-0.39, 0.29) is 11.9 Å². The van der Waals surface area contributed by atoms with Crippen molar-refractivity contribution >= 4 is 34.8 Å². The van der Waals surface area contributed by atoms with Crippen LogP contribution in [0.15, 0.2) is 30.3 Å². The van der Waals surface area contributed by atoms with Crippen LogP contribution in [0.4, 0.5) is 11.6 Å². The second kappa shape index (κ2) is 4.79. The molecular weight excluding hydrogens is 285 g/mol. The third kappa shape index (κ3) is 2.29. The Labute approximate surface area is 120 Å². The topological polar surface area (TPSA) is 60.2 Å². The standard InChI is InChI=1S/C13H11Cl2N3O/c14-8-5-9(15)13(18-12(8)16)17-10-6-19-11-4-2-1-3-7(10)11/h1-5,10H,6H2,(H3,16,17,18). The fourth-order valence-corrected chi connectivity index (χ4v) is 2.44. The number of nitrogens with zero attached hydrogens (tertiary/aromatic N) is 1. The minimum atomic E-state index is 0.00164. The zero-order valence-electron chi connectivity index (χ0n) is 9.86. The molecule has 0 bridgehead atoms. The average molecular weight is 296 g/mol. The Bertz CT molecular complexity index is 633. The summed E-state index contributed by atoms with van der Waals surface area (Å²) < 4.78 is 5.59. The Hall–Kier alpha value is -1.65. The van der Waals surface area contributed by atoms with Crippen molar-refractivity contribution in [2.75, 3.05) is 17.7 Å². The van der Waals surface area contributed by atoms with Crippen LogP contribution in [0, 0.1) is 0 Å². The van der Waals surface area contributed by atoms with E-state index in [0.29, 0.717) is 22.5 Å². The van der Waals surface area contributed by atoms with E-state index < -0.39 is 0 Å². The summed E-state index contributed by atoms with van der Waals surface area (Å²) in [6.45, 7) is 0.528. The first-order chi connectivity index (χ1) is 9.15. The van der Waals surface area contributed by atoms with Crippen LogP contribution >= 0.6 is 23.2 Å². The number of nitrogens with two attached hydrogens (primary N) is 1. The number of halogens is 2. The summed E-state index contributed by atoms with van der Waals surface area (Å²) in [6.07, 6.45) is 0. The molecule has 1 unspecified atom stereocenters. The number of hydrogen-bond donors (Lipinski definition) is 2. The summed E-state index contributed by atoms with van der Waals surface area (Å²) >= 11 is 12.0. The van der Waals surface area contributed by atoms with Crippen molar-refractivity contribution in [1.82, 2.24) is 4.98 Å². The summed E-state index contributed by atoms with van der Waals surface area (Å²) in [6, 6.07) is 9.42. The molecule has 0 aliphatic carbocycles. The van der Waals surface area contributed by atoms with Crippen LogP contribution in [0.3, 0.4) is 0 Å². The normalized spacial score (nSPS) is 16.8. The highest BCUT2D eigenvalue weighted by molar-refractivity contribution is 6.37. The number of ether oxygens (including phenoxy) is 1. The predicted molar refractivity (Wildman–Crippen MR) is 77.0 cm³/mol. The fourth-order valence-electron chi connectivity index (χ4n) is 2.03. The first-order valence-electron chi connectivity index (χ1n) is 5.75. The van der Waals surface area contributed by atoms with E-state index in [1.54, 1.807) is 6.07 Å². The highest BCUT2D eigenvalue weighted by Crippen LogP contribution is 2.36. The molecule has 2 aromatic rings. The molecule has 2 heterocycles. The number of fused-ring (bicyclic) bond motifs is 1. The van der Waals surface area contributed by atoms with Crippen LogP contribution in [0.5, 0.6) is 5.75 Å². The van der Waals surface area contributed by atoms with Gasteiger partial charge in [0.05, 0.1) is 16.1 Å². The Morgan fingerprint density at radius 3 is 2.89 bits per heavy atom. The highest BCUT2D eigenvalue weighted by atomic mass is 35.5. The van der Waals surface area contributed by atoms with Crippen LogP contribution < -0.4 is 15.8 Å². The molecule has 1 aromatic heterocycles. The maximum Gasteiger partial charge on any atom is 0.147 e. The SMILES string of the molecule is Nc1nc(NC2COc3ccccc32)c(Cl)cc1Cl. The van der Waals surface area contributed by atoms with Gasteiger partial charge in [-0.25, -0.2) is 4.98 Å². The summed E-state index contributed by atoms with van der Waals surface area (Å²) in [4.78, 5) is 4.16. The largest absolute Gasteiger partial charge is 0.491 e. The van der Waals surface area contributed by atoms with Crippen LogP contribution in [0.1, 0.15) is 11.6 Å². The number of hydrogen-bond acceptors (Lipinski definition) is 4. The number of nitrogen functional groups attached to an aromatic ring is 1. The molecule has 6 heteroatoms. The van der Waals surface area contributed by atoms with Crippen molar-refractivity contribution in [1.29, 1.82) is 0 Å². The maximum absolute atomic E-state index is 6.10. The molecule has 1 atom stereocenters. The predicted octanol–water partition coefficient (Wildman–Crippen LogP) is 3.52. The number of aromatic nitrogens is 1. The maximum atomic E-state index is 6.10. The lowest BCUT2D eigenvalue weighted by atomic mass is 10.1. The number of benzene rings is 1. The molecule has 1 aliphatic heterocycles. The van der Waals surface area contributed by atoms with Crippen LogP contribution in [-0.4, -0.2) is 11.6 Å². The molecule has 0 saturated heterocycles. The number of para-hydroxylation sites is 1. The zero-order chi connectivity index (χ0) is 13.4. The minimum absolute atomic E-state index is 0.00164. The number of pyridine rings is 1. The van der Waals surface area contributed by atoms with Crippen LogP contribution in [-0.2, 0) is 0 Å². The van der Waals surface area contributed by atoms with Crippen molar-refractivity contribution in [2.24, 2.45) is 0 Å². The van der Waals surface area contributed by atoms with Crippen molar-refractivity contribution in [3.05, 3.63) is 45.9 Å². The van der Waals surface area contributed by atoms with Gasteiger partial charge < -0.3 is 15.8 Å². The third-order valence-corrected chi connectivity index (χ3v) is 3.56.